The predicted octanol–water partition coefficient (Wildman–Crippen LogP) is 2.06. The summed E-state index contributed by atoms with van der Waals surface area (Å²) in [4.78, 5) is 14.5. The third kappa shape index (κ3) is 2.92. The molecular weight excluding hydrogens is 314 g/mol. The van der Waals surface area contributed by atoms with Gasteiger partial charge in [-0.2, -0.15) is 0 Å². The average Bonchev–Trinajstić information content (AvgIpc) is 3.11. The maximum absolute atomic E-state index is 12.7. The Bertz CT molecular complexity index is 886. The van der Waals surface area contributed by atoms with Gasteiger partial charge in [-0.1, -0.05) is 42.5 Å². The normalized spacial score (nSPS) is 13.6. The van der Waals surface area contributed by atoms with Crippen LogP contribution in [0.4, 0.5) is 0 Å². The van der Waals surface area contributed by atoms with Crippen LogP contribution >= 0.6 is 0 Å². The van der Waals surface area contributed by atoms with Crippen LogP contribution in [0.15, 0.2) is 54.6 Å². The summed E-state index contributed by atoms with van der Waals surface area (Å²) in [6.07, 6.45) is 0. The minimum absolute atomic E-state index is 0.0130. The largest absolute Gasteiger partial charge is 0.329 e. The van der Waals surface area contributed by atoms with Gasteiger partial charge in [0.2, 0.25) is 0 Å². The van der Waals surface area contributed by atoms with Gasteiger partial charge in [-0.05, 0) is 17.7 Å². The summed E-state index contributed by atoms with van der Waals surface area (Å²) >= 11 is 0. The first-order chi connectivity index (χ1) is 12.3. The van der Waals surface area contributed by atoms with Crippen LogP contribution in [0.5, 0.6) is 0 Å². The molecule has 4 rings (SSSR count). The Morgan fingerprint density at radius 3 is 2.48 bits per heavy atom. The fraction of sp³-hybridized carbons (Fsp3) is 0.211. The van der Waals surface area contributed by atoms with Crippen molar-refractivity contribution in [2.45, 2.75) is 19.6 Å². The Morgan fingerprint density at radius 2 is 1.76 bits per heavy atom. The number of hydrogen-bond acceptors (Lipinski definition) is 4. The molecular formula is C19H19N5O. The SMILES string of the molecule is NCc1ccc(C(=O)N2CCn3c(nnc3-c3ccccc3)C2)cc1. The molecule has 0 fully saturated rings. The maximum Gasteiger partial charge on any atom is 0.254 e. The molecule has 1 amide bonds. The number of fused-ring (bicyclic) bond motifs is 1. The second-order valence-corrected chi connectivity index (χ2v) is 6.09. The van der Waals surface area contributed by atoms with Crippen molar-refractivity contribution in [1.82, 2.24) is 19.7 Å². The summed E-state index contributed by atoms with van der Waals surface area (Å²) < 4.78 is 2.09. The second kappa shape index (κ2) is 6.49. The van der Waals surface area contributed by atoms with E-state index in [0.29, 0.717) is 31.7 Å². The number of nitrogens with two attached hydrogens (primary N) is 1. The average molecular weight is 333 g/mol. The Morgan fingerprint density at radius 1 is 1.00 bits per heavy atom. The van der Waals surface area contributed by atoms with Crippen molar-refractivity contribution in [3.05, 3.63) is 71.5 Å². The Kier molecular flexibility index (Phi) is 4.03. The molecule has 1 aliphatic rings. The number of benzene rings is 2. The molecule has 126 valence electrons. The van der Waals surface area contributed by atoms with Crippen LogP contribution in [0.3, 0.4) is 0 Å². The van der Waals surface area contributed by atoms with E-state index >= 15 is 0 Å². The van der Waals surface area contributed by atoms with Gasteiger partial charge < -0.3 is 15.2 Å². The highest BCUT2D eigenvalue weighted by Gasteiger charge is 2.25. The van der Waals surface area contributed by atoms with Crippen LogP contribution in [0.2, 0.25) is 0 Å². The van der Waals surface area contributed by atoms with E-state index in [1.807, 2.05) is 59.5 Å². The summed E-state index contributed by atoms with van der Waals surface area (Å²) in [5.74, 6) is 1.69. The third-order valence-electron chi connectivity index (χ3n) is 4.51. The van der Waals surface area contributed by atoms with Gasteiger partial charge in [0, 0.05) is 30.8 Å². The fourth-order valence-corrected chi connectivity index (χ4v) is 3.10. The van der Waals surface area contributed by atoms with Crippen LogP contribution in [-0.4, -0.2) is 32.1 Å². The molecule has 6 heteroatoms. The first-order valence-electron chi connectivity index (χ1n) is 8.32. The van der Waals surface area contributed by atoms with Gasteiger partial charge in [-0.3, -0.25) is 4.79 Å². The van der Waals surface area contributed by atoms with Crippen LogP contribution in [0.25, 0.3) is 11.4 Å². The zero-order valence-electron chi connectivity index (χ0n) is 13.8. The second-order valence-electron chi connectivity index (χ2n) is 6.09. The number of hydrogen-bond donors (Lipinski definition) is 1. The lowest BCUT2D eigenvalue weighted by molar-refractivity contribution is 0.0708. The molecule has 3 aromatic rings. The summed E-state index contributed by atoms with van der Waals surface area (Å²) in [6.45, 7) is 2.28. The molecule has 0 unspecified atom stereocenters. The van der Waals surface area contributed by atoms with Crippen molar-refractivity contribution < 1.29 is 4.79 Å². The summed E-state index contributed by atoms with van der Waals surface area (Å²) in [5, 5.41) is 8.61. The smallest absolute Gasteiger partial charge is 0.254 e. The van der Waals surface area contributed by atoms with Crippen molar-refractivity contribution in [3.63, 3.8) is 0 Å². The number of nitrogens with zero attached hydrogens (tertiary/aromatic N) is 4. The fourth-order valence-electron chi connectivity index (χ4n) is 3.10. The van der Waals surface area contributed by atoms with Gasteiger partial charge in [-0.25, -0.2) is 0 Å². The molecule has 2 N–H and O–H groups in total. The van der Waals surface area contributed by atoms with Crippen molar-refractivity contribution in [2.24, 2.45) is 5.73 Å². The van der Waals surface area contributed by atoms with Gasteiger partial charge >= 0.3 is 0 Å². The first kappa shape index (κ1) is 15.5. The number of carbonyl (C=O) groups is 1. The van der Waals surface area contributed by atoms with E-state index in [9.17, 15) is 4.79 Å². The van der Waals surface area contributed by atoms with E-state index in [-0.39, 0.29) is 5.91 Å². The highest BCUT2D eigenvalue weighted by Crippen LogP contribution is 2.22. The highest BCUT2D eigenvalue weighted by molar-refractivity contribution is 5.94. The maximum atomic E-state index is 12.7. The number of amides is 1. The Balaban J connectivity index is 1.55. The van der Waals surface area contributed by atoms with E-state index in [4.69, 9.17) is 5.73 Å². The van der Waals surface area contributed by atoms with Gasteiger partial charge in [0.25, 0.3) is 5.91 Å². The van der Waals surface area contributed by atoms with E-state index in [2.05, 4.69) is 14.8 Å². The molecule has 0 bridgehead atoms. The monoisotopic (exact) mass is 333 g/mol. The standard InChI is InChI=1S/C19H19N5O/c20-12-14-6-8-16(9-7-14)19(25)23-10-11-24-17(13-23)21-22-18(24)15-4-2-1-3-5-15/h1-9H,10-13,20H2. The number of aromatic nitrogens is 3. The zero-order valence-corrected chi connectivity index (χ0v) is 13.8. The number of rotatable bonds is 3. The van der Waals surface area contributed by atoms with Gasteiger partial charge in [0.15, 0.2) is 11.6 Å². The number of carbonyl (C=O) groups excluding carboxylic acids is 1. The van der Waals surface area contributed by atoms with Crippen LogP contribution in [-0.2, 0) is 19.6 Å². The van der Waals surface area contributed by atoms with Crippen LogP contribution < -0.4 is 5.73 Å². The van der Waals surface area contributed by atoms with Gasteiger partial charge in [0.05, 0.1) is 6.54 Å². The van der Waals surface area contributed by atoms with Gasteiger partial charge in [-0.15, -0.1) is 10.2 Å². The minimum Gasteiger partial charge on any atom is -0.329 e. The molecule has 1 aliphatic heterocycles. The minimum atomic E-state index is 0.0130. The molecule has 2 heterocycles. The van der Waals surface area contributed by atoms with E-state index in [1.54, 1.807) is 0 Å². The molecule has 0 radical (unpaired) electrons. The molecule has 6 nitrogen and oxygen atoms in total. The summed E-state index contributed by atoms with van der Waals surface area (Å²) in [5.41, 5.74) is 8.34. The van der Waals surface area contributed by atoms with Crippen molar-refractivity contribution >= 4 is 5.91 Å². The lowest BCUT2D eigenvalue weighted by atomic mass is 10.1. The molecule has 0 saturated carbocycles. The first-order valence-corrected chi connectivity index (χ1v) is 8.32. The van der Waals surface area contributed by atoms with Gasteiger partial charge in [0.1, 0.15) is 0 Å². The summed E-state index contributed by atoms with van der Waals surface area (Å²) in [7, 11) is 0. The third-order valence-corrected chi connectivity index (χ3v) is 4.51. The summed E-state index contributed by atoms with van der Waals surface area (Å²) in [6, 6.07) is 17.5. The van der Waals surface area contributed by atoms with E-state index < -0.39 is 0 Å². The molecule has 2 aromatic carbocycles. The van der Waals surface area contributed by atoms with Crippen LogP contribution in [0.1, 0.15) is 21.7 Å². The van der Waals surface area contributed by atoms with Crippen LogP contribution in [0, 0.1) is 0 Å². The lowest BCUT2D eigenvalue weighted by Gasteiger charge is -2.28. The Labute approximate surface area is 145 Å². The van der Waals surface area contributed by atoms with Crippen molar-refractivity contribution in [1.29, 1.82) is 0 Å². The molecule has 1 aromatic heterocycles. The lowest BCUT2D eigenvalue weighted by Crippen LogP contribution is -2.38. The van der Waals surface area contributed by atoms with Crippen molar-refractivity contribution in [3.8, 4) is 11.4 Å². The quantitative estimate of drug-likeness (QED) is 0.796. The Hall–Kier alpha value is -2.99. The zero-order chi connectivity index (χ0) is 17.2. The van der Waals surface area contributed by atoms with E-state index in [1.165, 1.54) is 0 Å². The highest BCUT2D eigenvalue weighted by atomic mass is 16.2. The molecule has 25 heavy (non-hydrogen) atoms. The molecule has 0 spiro atoms. The molecule has 0 atom stereocenters. The van der Waals surface area contributed by atoms with E-state index in [0.717, 1.165) is 22.8 Å². The topological polar surface area (TPSA) is 77.0 Å². The van der Waals surface area contributed by atoms with Crippen molar-refractivity contribution in [2.75, 3.05) is 6.54 Å². The molecule has 0 saturated heterocycles. The molecule has 0 aliphatic carbocycles. The predicted molar refractivity (Wildman–Crippen MR) is 94.5 cm³/mol.